The maximum Gasteiger partial charge on any atom is 0.325 e. The Kier molecular flexibility index (Phi) is 8.75. The molecule has 0 bridgehead atoms. The lowest BCUT2D eigenvalue weighted by Gasteiger charge is -2.20. The van der Waals surface area contributed by atoms with Gasteiger partial charge in [0.15, 0.2) is 0 Å². The van der Waals surface area contributed by atoms with Crippen molar-refractivity contribution < 1.29 is 8.85 Å². The molecule has 13 heavy (non-hydrogen) atoms. The second-order valence-corrected chi connectivity index (χ2v) is 5.86. The van der Waals surface area contributed by atoms with Crippen LogP contribution < -0.4 is 5.73 Å². The third-order valence-corrected chi connectivity index (χ3v) is 4.14. The van der Waals surface area contributed by atoms with Crippen LogP contribution in [0.5, 0.6) is 0 Å². The van der Waals surface area contributed by atoms with E-state index in [2.05, 4.69) is 20.8 Å². The third kappa shape index (κ3) is 6.21. The van der Waals surface area contributed by atoms with Gasteiger partial charge in [-0.15, -0.1) is 0 Å². The predicted molar refractivity (Wildman–Crippen MR) is 58.1 cm³/mol. The van der Waals surface area contributed by atoms with E-state index >= 15 is 0 Å². The first kappa shape index (κ1) is 13.1. The van der Waals surface area contributed by atoms with Gasteiger partial charge in [-0.3, -0.25) is 0 Å². The molecule has 0 rings (SSSR count). The van der Waals surface area contributed by atoms with Crippen LogP contribution in [-0.2, 0) is 8.85 Å². The molecule has 0 aliphatic rings. The van der Waals surface area contributed by atoms with Crippen molar-refractivity contribution in [1.29, 1.82) is 0 Å². The summed E-state index contributed by atoms with van der Waals surface area (Å²) in [7, 11) is -1.49. The second-order valence-electron chi connectivity index (χ2n) is 3.32. The summed E-state index contributed by atoms with van der Waals surface area (Å²) in [5, 5.41) is 0. The van der Waals surface area contributed by atoms with Crippen LogP contribution >= 0.6 is 0 Å². The lowest BCUT2D eigenvalue weighted by atomic mass is 10.5. The molecule has 1 unspecified atom stereocenters. The summed E-state index contributed by atoms with van der Waals surface area (Å²) < 4.78 is 11.4. The van der Waals surface area contributed by atoms with Crippen LogP contribution in [0.25, 0.3) is 0 Å². The fraction of sp³-hybridized carbons (Fsp3) is 1.00. The molecule has 0 aliphatic carbocycles. The minimum atomic E-state index is -1.49. The average molecular weight is 205 g/mol. The molecule has 0 aliphatic heterocycles. The van der Waals surface area contributed by atoms with E-state index in [0.29, 0.717) is 12.1 Å². The Balaban J connectivity index is 3.72. The molecule has 3 nitrogen and oxygen atoms in total. The highest BCUT2D eigenvalue weighted by molar-refractivity contribution is 6.46. The molecule has 0 aromatic rings. The number of hydrogen-bond donors (Lipinski definition) is 1. The van der Waals surface area contributed by atoms with Crippen LogP contribution in [0.4, 0.5) is 0 Å². The molecule has 80 valence electrons. The molecule has 0 saturated heterocycles. The van der Waals surface area contributed by atoms with E-state index < -0.39 is 9.28 Å². The van der Waals surface area contributed by atoms with Gasteiger partial charge in [-0.2, -0.15) is 0 Å². The summed E-state index contributed by atoms with van der Waals surface area (Å²) in [5.74, 6) is 0. The van der Waals surface area contributed by atoms with Gasteiger partial charge >= 0.3 is 9.28 Å². The van der Waals surface area contributed by atoms with Crippen molar-refractivity contribution in [3.8, 4) is 0 Å². The summed E-state index contributed by atoms with van der Waals surface area (Å²) in [6, 6.07) is 0. The second kappa shape index (κ2) is 8.68. The van der Waals surface area contributed by atoms with Crippen LogP contribution in [0.2, 0.25) is 5.54 Å². The highest BCUT2D eigenvalue weighted by Crippen LogP contribution is 2.10. The topological polar surface area (TPSA) is 44.5 Å². The molecule has 0 aromatic heterocycles. The van der Waals surface area contributed by atoms with E-state index in [9.17, 15) is 0 Å². The molecule has 2 N–H and O–H groups in total. The Labute approximate surface area is 83.5 Å². The molecule has 4 heteroatoms. The Bertz CT molecular complexity index is 106. The maximum absolute atomic E-state index is 5.68. The van der Waals surface area contributed by atoms with Crippen molar-refractivity contribution in [2.24, 2.45) is 5.73 Å². The monoisotopic (exact) mass is 205 g/mol. The molecule has 0 spiro atoms. The lowest BCUT2D eigenvalue weighted by Crippen LogP contribution is -2.32. The zero-order chi connectivity index (χ0) is 10.1. The van der Waals surface area contributed by atoms with Gasteiger partial charge in [0, 0.05) is 18.8 Å². The molecule has 0 amide bonds. The number of nitrogens with two attached hydrogens (primary N) is 1. The van der Waals surface area contributed by atoms with Gasteiger partial charge in [-0.25, -0.2) is 0 Å². The van der Waals surface area contributed by atoms with Crippen molar-refractivity contribution >= 4 is 9.28 Å². The largest absolute Gasteiger partial charge is 0.396 e. The molecule has 0 aromatic carbocycles. The van der Waals surface area contributed by atoms with E-state index in [4.69, 9.17) is 14.6 Å². The maximum atomic E-state index is 5.68. The SMILES string of the molecule is CCCO[SiH](OCCC)C(C)CN. The standard InChI is InChI=1S/C9H23NO2Si/c1-4-6-11-13(9(3)8-10)12-7-5-2/h9,13H,4-8,10H2,1-3H3. The zero-order valence-electron chi connectivity index (χ0n) is 9.08. The van der Waals surface area contributed by atoms with Crippen molar-refractivity contribution in [2.75, 3.05) is 19.8 Å². The highest BCUT2D eigenvalue weighted by atomic mass is 28.3. The zero-order valence-corrected chi connectivity index (χ0v) is 10.2. The van der Waals surface area contributed by atoms with E-state index in [1.165, 1.54) is 0 Å². The minimum absolute atomic E-state index is 0.415. The van der Waals surface area contributed by atoms with Crippen LogP contribution in [-0.4, -0.2) is 29.0 Å². The van der Waals surface area contributed by atoms with Gasteiger partial charge in [0.2, 0.25) is 0 Å². The molecule has 1 atom stereocenters. The first-order chi connectivity index (χ1) is 6.26. The smallest absolute Gasteiger partial charge is 0.325 e. The fourth-order valence-corrected chi connectivity index (χ4v) is 2.87. The number of rotatable bonds is 8. The molecule has 0 heterocycles. The Morgan fingerprint density at radius 1 is 1.15 bits per heavy atom. The van der Waals surface area contributed by atoms with Crippen molar-refractivity contribution in [3.05, 3.63) is 0 Å². The van der Waals surface area contributed by atoms with Gasteiger partial charge in [0.05, 0.1) is 0 Å². The minimum Gasteiger partial charge on any atom is -0.396 e. The summed E-state index contributed by atoms with van der Waals surface area (Å²) in [6.45, 7) is 8.62. The quantitative estimate of drug-likeness (QED) is 0.609. The molecule has 0 radical (unpaired) electrons. The molecule has 0 fully saturated rings. The summed E-state index contributed by atoms with van der Waals surface area (Å²) in [4.78, 5) is 0. The Morgan fingerprint density at radius 2 is 1.62 bits per heavy atom. The van der Waals surface area contributed by atoms with Gasteiger partial charge in [-0.1, -0.05) is 20.8 Å². The van der Waals surface area contributed by atoms with Gasteiger partial charge in [0.1, 0.15) is 0 Å². The van der Waals surface area contributed by atoms with E-state index in [1.807, 2.05) is 0 Å². The molecular formula is C9H23NO2Si. The lowest BCUT2D eigenvalue weighted by molar-refractivity contribution is 0.189. The predicted octanol–water partition coefficient (Wildman–Crippen LogP) is 1.41. The summed E-state index contributed by atoms with van der Waals surface area (Å²) in [6.07, 6.45) is 2.10. The fourth-order valence-electron chi connectivity index (χ4n) is 0.956. The number of hydrogen-bond acceptors (Lipinski definition) is 3. The average Bonchev–Trinajstić information content (AvgIpc) is 2.17. The van der Waals surface area contributed by atoms with Gasteiger partial charge in [0.25, 0.3) is 0 Å². The van der Waals surface area contributed by atoms with Crippen molar-refractivity contribution in [3.63, 3.8) is 0 Å². The van der Waals surface area contributed by atoms with Crippen LogP contribution in [0.3, 0.4) is 0 Å². The van der Waals surface area contributed by atoms with E-state index in [0.717, 1.165) is 26.1 Å². The van der Waals surface area contributed by atoms with Crippen molar-refractivity contribution in [2.45, 2.75) is 39.2 Å². The van der Waals surface area contributed by atoms with Crippen molar-refractivity contribution in [1.82, 2.24) is 0 Å². The molecular weight excluding hydrogens is 182 g/mol. The van der Waals surface area contributed by atoms with E-state index in [1.54, 1.807) is 0 Å². The van der Waals surface area contributed by atoms with Gasteiger partial charge < -0.3 is 14.6 Å². The summed E-state index contributed by atoms with van der Waals surface area (Å²) in [5.41, 5.74) is 6.01. The van der Waals surface area contributed by atoms with Crippen LogP contribution in [0.15, 0.2) is 0 Å². The Morgan fingerprint density at radius 3 is 1.92 bits per heavy atom. The van der Waals surface area contributed by atoms with Crippen LogP contribution in [0.1, 0.15) is 33.6 Å². The third-order valence-electron chi connectivity index (χ3n) is 1.81. The highest BCUT2D eigenvalue weighted by Gasteiger charge is 2.20. The van der Waals surface area contributed by atoms with Crippen LogP contribution in [0, 0.1) is 0 Å². The molecule has 0 saturated carbocycles. The Hall–Kier alpha value is 0.0969. The normalized spacial score (nSPS) is 13.6. The van der Waals surface area contributed by atoms with Gasteiger partial charge in [-0.05, 0) is 19.4 Å². The van der Waals surface area contributed by atoms with E-state index in [-0.39, 0.29) is 0 Å². The first-order valence-electron chi connectivity index (χ1n) is 5.19. The first-order valence-corrected chi connectivity index (χ1v) is 6.80. The summed E-state index contributed by atoms with van der Waals surface area (Å²) >= 11 is 0.